The van der Waals surface area contributed by atoms with Gasteiger partial charge in [-0.3, -0.25) is 9.80 Å². The number of nitrogens with zero attached hydrogens (tertiary/aromatic N) is 4. The van der Waals surface area contributed by atoms with Crippen LogP contribution in [0.4, 0.5) is 4.79 Å². The summed E-state index contributed by atoms with van der Waals surface area (Å²) in [5, 5.41) is 6.30. The molecule has 1 aromatic carbocycles. The molecule has 2 amide bonds. The van der Waals surface area contributed by atoms with Crippen molar-refractivity contribution >= 4 is 17.4 Å². The summed E-state index contributed by atoms with van der Waals surface area (Å²) in [6.07, 6.45) is 1.87. The molecule has 2 fully saturated rings. The fourth-order valence-corrected chi connectivity index (χ4v) is 5.11. The highest BCUT2D eigenvalue weighted by molar-refractivity contribution is 7.09. The molecule has 1 N–H and O–H groups in total. The maximum Gasteiger partial charge on any atom is 0.317 e. The number of aromatic nitrogens is 1. The second-order valence-corrected chi connectivity index (χ2v) is 9.32. The zero-order valence-corrected chi connectivity index (χ0v) is 17.5. The van der Waals surface area contributed by atoms with Crippen molar-refractivity contribution in [3.05, 3.63) is 52.5 Å². The van der Waals surface area contributed by atoms with Gasteiger partial charge in [0.1, 0.15) is 5.01 Å². The standard InChI is InChI=1S/C21H29N5OS/c1-21(2)16-25(20(27)23-12-17-6-4-3-5-7-17)14-18-13-24(9-10-26(18)21)15-19-22-8-11-28-19/h3-8,11,18H,9-10,12-16H2,1-2H3,(H,23,27). The second kappa shape index (κ2) is 8.19. The number of fused-ring (bicyclic) bond motifs is 1. The van der Waals surface area contributed by atoms with E-state index in [1.54, 1.807) is 11.3 Å². The Bertz CT molecular complexity index is 779. The fraction of sp³-hybridized carbons (Fsp3) is 0.524. The second-order valence-electron chi connectivity index (χ2n) is 8.35. The Morgan fingerprint density at radius 2 is 2.07 bits per heavy atom. The van der Waals surface area contributed by atoms with E-state index in [0.29, 0.717) is 12.6 Å². The quantitative estimate of drug-likeness (QED) is 0.859. The number of thiazole rings is 1. The Balaban J connectivity index is 1.38. The van der Waals surface area contributed by atoms with Crippen LogP contribution in [0.5, 0.6) is 0 Å². The van der Waals surface area contributed by atoms with Gasteiger partial charge in [-0.25, -0.2) is 9.78 Å². The number of carbonyl (C=O) groups is 1. The summed E-state index contributed by atoms with van der Waals surface area (Å²) in [4.78, 5) is 24.3. The van der Waals surface area contributed by atoms with Crippen LogP contribution in [0, 0.1) is 0 Å². The van der Waals surface area contributed by atoms with Gasteiger partial charge in [-0.05, 0) is 19.4 Å². The molecule has 0 saturated carbocycles. The third-order valence-corrected chi connectivity index (χ3v) is 6.53. The smallest absolute Gasteiger partial charge is 0.317 e. The number of hydrogen-bond donors (Lipinski definition) is 1. The Kier molecular flexibility index (Phi) is 5.66. The summed E-state index contributed by atoms with van der Waals surface area (Å²) >= 11 is 1.71. The molecule has 2 aliphatic rings. The number of nitrogens with one attached hydrogen (secondary N) is 1. The van der Waals surface area contributed by atoms with Crippen molar-refractivity contribution < 1.29 is 4.79 Å². The third-order valence-electron chi connectivity index (χ3n) is 5.77. The van der Waals surface area contributed by atoms with Gasteiger partial charge in [0.05, 0.1) is 6.54 Å². The van der Waals surface area contributed by atoms with Crippen LogP contribution >= 0.6 is 11.3 Å². The van der Waals surface area contributed by atoms with Crippen molar-refractivity contribution in [2.24, 2.45) is 0 Å². The molecule has 7 heteroatoms. The van der Waals surface area contributed by atoms with Gasteiger partial charge >= 0.3 is 6.03 Å². The number of carbonyl (C=O) groups excluding carboxylic acids is 1. The molecule has 0 spiro atoms. The third kappa shape index (κ3) is 4.37. The number of benzene rings is 1. The molecular formula is C21H29N5OS. The molecule has 4 rings (SSSR count). The van der Waals surface area contributed by atoms with Crippen molar-refractivity contribution in [2.45, 2.75) is 38.5 Å². The number of rotatable bonds is 4. The highest BCUT2D eigenvalue weighted by Crippen LogP contribution is 2.28. The molecule has 28 heavy (non-hydrogen) atoms. The lowest BCUT2D eigenvalue weighted by Crippen LogP contribution is -2.70. The van der Waals surface area contributed by atoms with Gasteiger partial charge in [-0.15, -0.1) is 11.3 Å². The SMILES string of the molecule is CC1(C)CN(C(=O)NCc2ccccc2)CC2CN(Cc3nccs3)CCN21. The van der Waals surface area contributed by atoms with Crippen LogP contribution in [-0.4, -0.2) is 70.0 Å². The van der Waals surface area contributed by atoms with Crippen LogP contribution < -0.4 is 5.32 Å². The van der Waals surface area contributed by atoms with E-state index in [1.165, 1.54) is 5.01 Å². The first-order valence-electron chi connectivity index (χ1n) is 9.95. The molecule has 6 nitrogen and oxygen atoms in total. The zero-order chi connectivity index (χ0) is 19.6. The number of amides is 2. The van der Waals surface area contributed by atoms with E-state index >= 15 is 0 Å². The molecule has 0 radical (unpaired) electrons. The van der Waals surface area contributed by atoms with Crippen LogP contribution in [0.2, 0.25) is 0 Å². The molecule has 0 bridgehead atoms. The first-order chi connectivity index (χ1) is 13.5. The Hall–Kier alpha value is -1.96. The highest BCUT2D eigenvalue weighted by atomic mass is 32.1. The Labute approximate surface area is 171 Å². The molecule has 0 aliphatic carbocycles. The molecule has 2 aliphatic heterocycles. The summed E-state index contributed by atoms with van der Waals surface area (Å²) in [5.41, 5.74) is 1.11. The van der Waals surface area contributed by atoms with Gasteiger partial charge in [0.15, 0.2) is 0 Å². The molecule has 2 saturated heterocycles. The first-order valence-corrected chi connectivity index (χ1v) is 10.8. The van der Waals surface area contributed by atoms with Crippen molar-refractivity contribution in [1.29, 1.82) is 0 Å². The van der Waals surface area contributed by atoms with E-state index in [4.69, 9.17) is 0 Å². The maximum absolute atomic E-state index is 12.8. The summed E-state index contributed by atoms with van der Waals surface area (Å²) in [6, 6.07) is 10.5. The Morgan fingerprint density at radius 1 is 1.25 bits per heavy atom. The number of piperazine rings is 2. The molecule has 150 valence electrons. The predicted molar refractivity (Wildman–Crippen MR) is 112 cm³/mol. The van der Waals surface area contributed by atoms with Crippen molar-refractivity contribution in [2.75, 3.05) is 32.7 Å². The lowest BCUT2D eigenvalue weighted by Gasteiger charge is -2.55. The van der Waals surface area contributed by atoms with Crippen LogP contribution in [0.25, 0.3) is 0 Å². The molecule has 1 atom stereocenters. The van der Waals surface area contributed by atoms with Crippen LogP contribution in [-0.2, 0) is 13.1 Å². The van der Waals surface area contributed by atoms with Crippen molar-refractivity contribution in [3.8, 4) is 0 Å². The van der Waals surface area contributed by atoms with Gasteiger partial charge in [0.2, 0.25) is 0 Å². The van der Waals surface area contributed by atoms with Crippen LogP contribution in [0.1, 0.15) is 24.4 Å². The molecule has 2 aromatic rings. The minimum atomic E-state index is -0.0136. The minimum Gasteiger partial charge on any atom is -0.334 e. The first kappa shape index (κ1) is 19.4. The van der Waals surface area contributed by atoms with E-state index in [2.05, 4.69) is 33.9 Å². The monoisotopic (exact) mass is 399 g/mol. The van der Waals surface area contributed by atoms with Gasteiger partial charge in [-0.1, -0.05) is 30.3 Å². The molecular weight excluding hydrogens is 370 g/mol. The average Bonchev–Trinajstić information content (AvgIpc) is 3.19. The predicted octanol–water partition coefficient (Wildman–Crippen LogP) is 2.63. The topological polar surface area (TPSA) is 51.7 Å². The molecule has 1 aromatic heterocycles. The lowest BCUT2D eigenvalue weighted by atomic mass is 9.93. The van der Waals surface area contributed by atoms with Crippen LogP contribution in [0.15, 0.2) is 41.9 Å². The summed E-state index contributed by atoms with van der Waals surface area (Å²) in [7, 11) is 0. The highest BCUT2D eigenvalue weighted by Gasteiger charge is 2.43. The fourth-order valence-electron chi connectivity index (χ4n) is 4.46. The maximum atomic E-state index is 12.8. The number of urea groups is 1. The lowest BCUT2D eigenvalue weighted by molar-refractivity contribution is -0.0541. The minimum absolute atomic E-state index is 0.0136. The van der Waals surface area contributed by atoms with E-state index in [0.717, 1.165) is 44.8 Å². The largest absolute Gasteiger partial charge is 0.334 e. The average molecular weight is 400 g/mol. The molecule has 1 unspecified atom stereocenters. The van der Waals surface area contributed by atoms with E-state index in [-0.39, 0.29) is 11.6 Å². The van der Waals surface area contributed by atoms with E-state index < -0.39 is 0 Å². The van der Waals surface area contributed by atoms with Gasteiger partial charge in [0, 0.05) is 62.4 Å². The van der Waals surface area contributed by atoms with E-state index in [1.807, 2.05) is 46.8 Å². The summed E-state index contributed by atoms with van der Waals surface area (Å²) in [6.45, 7) is 10.6. The van der Waals surface area contributed by atoms with Gasteiger partial charge in [-0.2, -0.15) is 0 Å². The number of hydrogen-bond acceptors (Lipinski definition) is 5. The Morgan fingerprint density at radius 3 is 2.82 bits per heavy atom. The van der Waals surface area contributed by atoms with Crippen LogP contribution in [0.3, 0.4) is 0 Å². The summed E-state index contributed by atoms with van der Waals surface area (Å²) < 4.78 is 0. The summed E-state index contributed by atoms with van der Waals surface area (Å²) in [5.74, 6) is 0. The molecule has 3 heterocycles. The van der Waals surface area contributed by atoms with Crippen molar-refractivity contribution in [3.63, 3.8) is 0 Å². The normalized spacial score (nSPS) is 22.6. The van der Waals surface area contributed by atoms with Crippen molar-refractivity contribution in [1.82, 2.24) is 25.0 Å². The van der Waals surface area contributed by atoms with E-state index in [9.17, 15) is 4.79 Å². The van der Waals surface area contributed by atoms with Gasteiger partial charge < -0.3 is 10.2 Å². The van der Waals surface area contributed by atoms with Gasteiger partial charge in [0.25, 0.3) is 0 Å². The zero-order valence-electron chi connectivity index (χ0n) is 16.7.